The summed E-state index contributed by atoms with van der Waals surface area (Å²) in [5.41, 5.74) is 3.41. The molecule has 0 radical (unpaired) electrons. The van der Waals surface area contributed by atoms with Gasteiger partial charge >= 0.3 is 0 Å². The number of nitrogens with zero attached hydrogens (tertiary/aromatic N) is 1. The summed E-state index contributed by atoms with van der Waals surface area (Å²) < 4.78 is 26.2. The van der Waals surface area contributed by atoms with Crippen LogP contribution < -0.4 is 5.32 Å². The molecule has 5 nitrogen and oxygen atoms in total. The van der Waals surface area contributed by atoms with Gasteiger partial charge in [-0.05, 0) is 50.8 Å². The molecule has 32 heavy (non-hydrogen) atoms. The van der Waals surface area contributed by atoms with E-state index in [1.807, 2.05) is 61.7 Å². The highest BCUT2D eigenvalue weighted by atomic mass is 32.2. The van der Waals surface area contributed by atoms with Gasteiger partial charge in [-0.25, -0.2) is 13.4 Å². The molecule has 1 N–H and O–H groups in total. The smallest absolute Gasteiger partial charge is 0.242 e. The Morgan fingerprint density at radius 1 is 1.09 bits per heavy atom. The minimum atomic E-state index is -3.85. The average molecular weight is 469 g/mol. The topological polar surface area (TPSA) is 76.1 Å². The van der Waals surface area contributed by atoms with Crippen molar-refractivity contribution < 1.29 is 13.2 Å². The van der Waals surface area contributed by atoms with Crippen LogP contribution in [0.5, 0.6) is 0 Å². The molecule has 1 amide bonds. The van der Waals surface area contributed by atoms with Crippen molar-refractivity contribution in [3.8, 4) is 11.3 Å². The van der Waals surface area contributed by atoms with E-state index in [0.717, 1.165) is 34.7 Å². The molecule has 1 unspecified atom stereocenters. The van der Waals surface area contributed by atoms with E-state index in [-0.39, 0.29) is 10.9 Å². The lowest BCUT2D eigenvalue weighted by Crippen LogP contribution is -2.51. The van der Waals surface area contributed by atoms with Crippen molar-refractivity contribution in [1.29, 1.82) is 0 Å². The lowest BCUT2D eigenvalue weighted by atomic mass is 10.1. The van der Waals surface area contributed by atoms with Crippen LogP contribution in [0.1, 0.15) is 54.8 Å². The number of nitrogens with one attached hydrogen (secondary N) is 1. The predicted octanol–water partition coefficient (Wildman–Crippen LogP) is 5.39. The Morgan fingerprint density at radius 3 is 2.47 bits per heavy atom. The molecule has 2 aromatic carbocycles. The number of benzene rings is 2. The van der Waals surface area contributed by atoms with Crippen LogP contribution in [0, 0.1) is 13.8 Å². The zero-order chi connectivity index (χ0) is 22.9. The van der Waals surface area contributed by atoms with Crippen LogP contribution in [0.4, 0.5) is 0 Å². The number of hydrogen-bond acceptors (Lipinski definition) is 5. The Morgan fingerprint density at radius 2 is 1.78 bits per heavy atom. The number of rotatable bonds is 6. The summed E-state index contributed by atoms with van der Waals surface area (Å²) in [6.45, 7) is 5.52. The van der Waals surface area contributed by atoms with Gasteiger partial charge in [0.15, 0.2) is 14.6 Å². The van der Waals surface area contributed by atoms with Gasteiger partial charge in [-0.15, -0.1) is 11.3 Å². The van der Waals surface area contributed by atoms with Crippen molar-refractivity contribution in [2.45, 2.75) is 62.1 Å². The Kier molecular flexibility index (Phi) is 6.23. The monoisotopic (exact) mass is 468 g/mol. The first kappa shape index (κ1) is 22.7. The number of sulfone groups is 1. The highest BCUT2D eigenvalue weighted by Crippen LogP contribution is 2.42. The van der Waals surface area contributed by atoms with Gasteiger partial charge in [-0.1, -0.05) is 55.3 Å². The molecule has 0 saturated heterocycles. The lowest BCUT2D eigenvalue weighted by Gasteiger charge is -2.29. The zero-order valence-electron chi connectivity index (χ0n) is 18.6. The third-order valence-corrected chi connectivity index (χ3v) is 9.95. The Bertz CT molecular complexity index is 1230. The molecule has 0 spiro atoms. The molecule has 1 saturated carbocycles. The first-order chi connectivity index (χ1) is 15.2. The van der Waals surface area contributed by atoms with Crippen LogP contribution in [0.15, 0.2) is 58.8 Å². The largest absolute Gasteiger partial charge is 0.346 e. The van der Waals surface area contributed by atoms with Crippen molar-refractivity contribution >= 4 is 27.1 Å². The molecule has 168 valence electrons. The molecule has 3 aromatic rings. The number of aryl methyl sites for hydroxylation is 2. The van der Waals surface area contributed by atoms with Crippen LogP contribution in [-0.4, -0.2) is 24.1 Å². The highest BCUT2D eigenvalue weighted by Gasteiger charge is 2.53. The highest BCUT2D eigenvalue weighted by molar-refractivity contribution is 7.93. The van der Waals surface area contributed by atoms with Crippen LogP contribution in [0.3, 0.4) is 0 Å². The molecule has 1 aliphatic carbocycles. The molecule has 0 bridgehead atoms. The third kappa shape index (κ3) is 3.99. The first-order valence-corrected chi connectivity index (χ1v) is 13.2. The number of hydrogen-bond donors (Lipinski definition) is 1. The molecule has 7 heteroatoms. The number of amides is 1. The van der Waals surface area contributed by atoms with Gasteiger partial charge in [0.1, 0.15) is 5.01 Å². The average Bonchev–Trinajstić information content (AvgIpc) is 3.47. The summed E-state index contributed by atoms with van der Waals surface area (Å²) in [5.74, 6) is -0.417. The summed E-state index contributed by atoms with van der Waals surface area (Å²) in [4.78, 5) is 18.5. The fourth-order valence-corrected chi connectivity index (χ4v) is 7.61. The van der Waals surface area contributed by atoms with E-state index in [1.165, 1.54) is 11.3 Å². The van der Waals surface area contributed by atoms with Crippen molar-refractivity contribution in [2.75, 3.05) is 0 Å². The SMILES string of the molecule is Cc1ccc(C)c(S(=O)(=O)C2(C(=O)NC(C)c3nc(-c4ccccc4)cs3)CCCC2)c1. The molecule has 1 atom stereocenters. The van der Waals surface area contributed by atoms with Gasteiger partial charge in [0.25, 0.3) is 0 Å². The quantitative estimate of drug-likeness (QED) is 0.526. The van der Waals surface area contributed by atoms with Gasteiger partial charge in [0.05, 0.1) is 16.6 Å². The van der Waals surface area contributed by atoms with E-state index in [1.54, 1.807) is 13.0 Å². The van der Waals surface area contributed by atoms with Crippen LogP contribution >= 0.6 is 11.3 Å². The van der Waals surface area contributed by atoms with Crippen LogP contribution in [0.25, 0.3) is 11.3 Å². The zero-order valence-corrected chi connectivity index (χ0v) is 20.2. The second-order valence-electron chi connectivity index (χ2n) is 8.61. The Labute approximate surface area is 193 Å². The molecule has 4 rings (SSSR count). The second kappa shape index (κ2) is 8.79. The molecule has 1 aliphatic rings. The number of thiazole rings is 1. The summed E-state index contributed by atoms with van der Waals surface area (Å²) in [6.07, 6.45) is 2.13. The third-order valence-electron chi connectivity index (χ3n) is 6.28. The summed E-state index contributed by atoms with van der Waals surface area (Å²) >= 11 is 1.47. The molecule has 1 fully saturated rings. The minimum absolute atomic E-state index is 0.266. The van der Waals surface area contributed by atoms with Gasteiger partial charge in [-0.2, -0.15) is 0 Å². The summed E-state index contributed by atoms with van der Waals surface area (Å²) in [7, 11) is -3.85. The number of carbonyl (C=O) groups is 1. The molecule has 0 aliphatic heterocycles. The minimum Gasteiger partial charge on any atom is -0.346 e. The van der Waals surface area contributed by atoms with E-state index in [4.69, 9.17) is 0 Å². The molecular weight excluding hydrogens is 440 g/mol. The van der Waals surface area contributed by atoms with Crippen molar-refractivity contribution in [2.24, 2.45) is 0 Å². The first-order valence-electron chi connectivity index (χ1n) is 10.9. The van der Waals surface area contributed by atoms with Crippen LogP contribution in [0.2, 0.25) is 0 Å². The van der Waals surface area contributed by atoms with Gasteiger partial charge < -0.3 is 5.32 Å². The number of aromatic nitrogens is 1. The molecular formula is C25H28N2O3S2. The van der Waals surface area contributed by atoms with E-state index in [9.17, 15) is 13.2 Å². The Hall–Kier alpha value is -2.51. The standard InChI is InChI=1S/C25H28N2O3S2/c1-17-11-12-18(2)22(15-17)32(29,30)25(13-7-8-14-25)24(28)26-19(3)23-27-21(16-31-23)20-9-5-4-6-10-20/h4-6,9-12,15-16,19H,7-8,13-14H2,1-3H3,(H,26,28). The predicted molar refractivity (Wildman–Crippen MR) is 128 cm³/mol. The van der Waals surface area contributed by atoms with E-state index in [0.29, 0.717) is 18.4 Å². The van der Waals surface area contributed by atoms with E-state index in [2.05, 4.69) is 10.3 Å². The maximum atomic E-state index is 13.8. The fourth-order valence-electron chi connectivity index (χ4n) is 4.39. The lowest BCUT2D eigenvalue weighted by molar-refractivity contribution is -0.124. The Balaban J connectivity index is 1.62. The second-order valence-corrected chi connectivity index (χ2v) is 11.7. The molecule has 1 heterocycles. The maximum Gasteiger partial charge on any atom is 0.242 e. The fraction of sp³-hybridized carbons (Fsp3) is 0.360. The summed E-state index contributed by atoms with van der Waals surface area (Å²) in [5, 5.41) is 5.71. The molecule has 1 aromatic heterocycles. The van der Waals surface area contributed by atoms with E-state index < -0.39 is 20.5 Å². The van der Waals surface area contributed by atoms with E-state index >= 15 is 0 Å². The van der Waals surface area contributed by atoms with Crippen LogP contribution in [-0.2, 0) is 14.6 Å². The van der Waals surface area contributed by atoms with Gasteiger partial charge in [-0.3, -0.25) is 4.79 Å². The summed E-state index contributed by atoms with van der Waals surface area (Å²) in [6, 6.07) is 14.9. The van der Waals surface area contributed by atoms with Gasteiger partial charge in [0.2, 0.25) is 5.91 Å². The number of carbonyl (C=O) groups excluding carboxylic acids is 1. The normalized spacial score (nSPS) is 16.6. The van der Waals surface area contributed by atoms with Crippen molar-refractivity contribution in [3.05, 3.63) is 70.0 Å². The maximum absolute atomic E-state index is 13.8. The van der Waals surface area contributed by atoms with Crippen molar-refractivity contribution in [3.63, 3.8) is 0 Å². The van der Waals surface area contributed by atoms with Gasteiger partial charge in [0, 0.05) is 10.9 Å². The van der Waals surface area contributed by atoms with Crippen molar-refractivity contribution in [1.82, 2.24) is 10.3 Å².